The fourth-order valence-electron chi connectivity index (χ4n) is 2.08. The summed E-state index contributed by atoms with van der Waals surface area (Å²) in [4.78, 5) is 24.1. The molecule has 0 atom stereocenters. The molecule has 0 radical (unpaired) electrons. The molecule has 0 saturated carbocycles. The Balaban J connectivity index is 1.86. The molecule has 2 aromatic carbocycles. The Bertz CT molecular complexity index is 731. The van der Waals surface area contributed by atoms with Crippen molar-refractivity contribution in [3.8, 4) is 11.5 Å². The summed E-state index contributed by atoms with van der Waals surface area (Å²) in [5.74, 6) is 0.619. The van der Waals surface area contributed by atoms with E-state index in [0.29, 0.717) is 29.4 Å². The van der Waals surface area contributed by atoms with Crippen LogP contribution in [0.2, 0.25) is 0 Å². The van der Waals surface area contributed by atoms with Crippen LogP contribution in [-0.2, 0) is 4.74 Å². The zero-order valence-corrected chi connectivity index (χ0v) is 14.1. The van der Waals surface area contributed by atoms with Crippen LogP contribution in [0.5, 0.6) is 11.5 Å². The number of hydrogen-bond acceptors (Lipinski definition) is 5. The summed E-state index contributed by atoms with van der Waals surface area (Å²) < 4.78 is 15.9. The maximum atomic E-state index is 11.7. The molecule has 0 aromatic heterocycles. The number of benzene rings is 2. The third-order valence-electron chi connectivity index (χ3n) is 3.46. The molecule has 2 N–H and O–H groups in total. The number of rotatable bonds is 7. The number of hydrogen-bond donors (Lipinski definition) is 1. The number of anilines is 1. The van der Waals surface area contributed by atoms with Crippen LogP contribution in [0.3, 0.4) is 0 Å². The quantitative estimate of drug-likeness (QED) is 0.615. The molecule has 0 aliphatic heterocycles. The second kappa shape index (κ2) is 8.58. The van der Waals surface area contributed by atoms with E-state index in [2.05, 4.69) is 0 Å². The second-order valence-electron chi connectivity index (χ2n) is 5.08. The number of carbonyl (C=O) groups excluding carboxylic acids is 2. The predicted octanol–water partition coefficient (Wildman–Crippen LogP) is 2.45. The van der Waals surface area contributed by atoms with Crippen molar-refractivity contribution in [3.63, 3.8) is 0 Å². The molecule has 0 saturated heterocycles. The molecular weight excluding hydrogens is 324 g/mol. The molecule has 0 bridgehead atoms. The Labute approximate surface area is 145 Å². The van der Waals surface area contributed by atoms with E-state index >= 15 is 0 Å². The molecule has 2 aromatic rings. The summed E-state index contributed by atoms with van der Waals surface area (Å²) in [5, 5.41) is 0. The molecule has 0 aliphatic carbocycles. The van der Waals surface area contributed by atoms with Gasteiger partial charge in [-0.05, 0) is 36.4 Å². The number of carbonyl (C=O) groups is 2. The maximum Gasteiger partial charge on any atom is 0.341 e. The first kappa shape index (κ1) is 18.1. The Morgan fingerprint density at radius 1 is 1.00 bits per heavy atom. The van der Waals surface area contributed by atoms with Gasteiger partial charge in [-0.25, -0.2) is 9.59 Å². The van der Waals surface area contributed by atoms with E-state index in [1.807, 2.05) is 0 Å². The van der Waals surface area contributed by atoms with Crippen molar-refractivity contribution in [1.29, 1.82) is 0 Å². The van der Waals surface area contributed by atoms with Gasteiger partial charge in [-0.2, -0.15) is 0 Å². The van der Waals surface area contributed by atoms with Crippen molar-refractivity contribution < 1.29 is 23.8 Å². The van der Waals surface area contributed by atoms with E-state index in [1.165, 1.54) is 12.0 Å². The van der Waals surface area contributed by atoms with E-state index in [4.69, 9.17) is 19.9 Å². The van der Waals surface area contributed by atoms with Crippen LogP contribution in [0.4, 0.5) is 10.5 Å². The van der Waals surface area contributed by atoms with E-state index < -0.39 is 12.0 Å². The zero-order chi connectivity index (χ0) is 18.2. The average Bonchev–Trinajstić information content (AvgIpc) is 2.64. The van der Waals surface area contributed by atoms with Crippen LogP contribution < -0.4 is 20.1 Å². The molecule has 0 spiro atoms. The van der Waals surface area contributed by atoms with Crippen molar-refractivity contribution in [2.24, 2.45) is 5.73 Å². The minimum Gasteiger partial charge on any atom is -0.490 e. The van der Waals surface area contributed by atoms with Gasteiger partial charge in [0.05, 0.1) is 7.11 Å². The molecule has 0 fully saturated rings. The highest BCUT2D eigenvalue weighted by atomic mass is 16.5. The Morgan fingerprint density at radius 2 is 1.64 bits per heavy atom. The van der Waals surface area contributed by atoms with Crippen molar-refractivity contribution in [2.75, 3.05) is 32.3 Å². The van der Waals surface area contributed by atoms with E-state index in [0.717, 1.165) is 0 Å². The Kier molecular flexibility index (Phi) is 6.22. The van der Waals surface area contributed by atoms with Crippen molar-refractivity contribution in [2.45, 2.75) is 0 Å². The van der Waals surface area contributed by atoms with E-state index in [9.17, 15) is 9.59 Å². The minimum atomic E-state index is -0.536. The van der Waals surface area contributed by atoms with Gasteiger partial charge in [-0.15, -0.1) is 0 Å². The van der Waals surface area contributed by atoms with Crippen LogP contribution in [0.15, 0.2) is 48.5 Å². The zero-order valence-electron chi connectivity index (χ0n) is 14.1. The third-order valence-corrected chi connectivity index (χ3v) is 3.46. The smallest absolute Gasteiger partial charge is 0.341 e. The van der Waals surface area contributed by atoms with Crippen LogP contribution in [0.25, 0.3) is 0 Å². The van der Waals surface area contributed by atoms with Gasteiger partial charge >= 0.3 is 12.0 Å². The lowest BCUT2D eigenvalue weighted by Crippen LogP contribution is -2.31. The molecule has 0 aliphatic rings. The molecule has 25 heavy (non-hydrogen) atoms. The minimum absolute atomic E-state index is 0.261. The number of para-hydroxylation sites is 1. The number of nitrogens with zero attached hydrogens (tertiary/aromatic N) is 1. The number of methoxy groups -OCH3 is 1. The summed E-state index contributed by atoms with van der Waals surface area (Å²) in [7, 11) is 2.91. The number of amides is 2. The first-order chi connectivity index (χ1) is 12.0. The van der Waals surface area contributed by atoms with Gasteiger partial charge in [0.2, 0.25) is 0 Å². The fraction of sp³-hybridized carbons (Fsp3) is 0.222. The van der Waals surface area contributed by atoms with Gasteiger partial charge in [-0.3, -0.25) is 4.90 Å². The number of primary amides is 1. The summed E-state index contributed by atoms with van der Waals surface area (Å²) in [6, 6.07) is 13.2. The van der Waals surface area contributed by atoms with Gasteiger partial charge in [0.15, 0.2) is 0 Å². The fourth-order valence-corrected chi connectivity index (χ4v) is 2.08. The largest absolute Gasteiger partial charge is 0.490 e. The molecule has 7 heteroatoms. The van der Waals surface area contributed by atoms with Crippen molar-refractivity contribution in [1.82, 2.24) is 0 Å². The van der Waals surface area contributed by atoms with E-state index in [-0.39, 0.29) is 6.61 Å². The highest BCUT2D eigenvalue weighted by Crippen LogP contribution is 2.20. The van der Waals surface area contributed by atoms with Crippen LogP contribution in [-0.4, -0.2) is 39.4 Å². The molecule has 0 heterocycles. The molecule has 2 amide bonds. The van der Waals surface area contributed by atoms with Gasteiger partial charge in [0.1, 0.15) is 30.3 Å². The highest BCUT2D eigenvalue weighted by Gasteiger charge is 2.12. The van der Waals surface area contributed by atoms with Crippen molar-refractivity contribution >= 4 is 17.7 Å². The normalized spacial score (nSPS) is 10.0. The molecule has 132 valence electrons. The van der Waals surface area contributed by atoms with Gasteiger partial charge in [0.25, 0.3) is 0 Å². The standard InChI is InChI=1S/C18H20N2O5/c1-20(18(19)22)13-7-9-14(10-8-13)24-11-12-25-16-6-4-3-5-15(16)17(21)23-2/h3-10H,11-12H2,1-2H3,(H2,19,22). The molecule has 0 unspecified atom stereocenters. The second-order valence-corrected chi connectivity index (χ2v) is 5.08. The highest BCUT2D eigenvalue weighted by molar-refractivity contribution is 5.92. The lowest BCUT2D eigenvalue weighted by atomic mass is 10.2. The lowest BCUT2D eigenvalue weighted by molar-refractivity contribution is 0.0595. The lowest BCUT2D eigenvalue weighted by Gasteiger charge is -2.15. The van der Waals surface area contributed by atoms with Gasteiger partial charge in [-0.1, -0.05) is 12.1 Å². The first-order valence-electron chi connectivity index (χ1n) is 7.59. The summed E-state index contributed by atoms with van der Waals surface area (Å²) in [5.41, 5.74) is 6.24. The van der Waals surface area contributed by atoms with Gasteiger partial charge < -0.3 is 19.9 Å². The van der Waals surface area contributed by atoms with E-state index in [1.54, 1.807) is 55.6 Å². The van der Waals surface area contributed by atoms with Crippen LogP contribution in [0, 0.1) is 0 Å². The number of urea groups is 1. The molecular formula is C18H20N2O5. The van der Waals surface area contributed by atoms with Crippen LogP contribution >= 0.6 is 0 Å². The Hall–Kier alpha value is -3.22. The first-order valence-corrected chi connectivity index (χ1v) is 7.59. The summed E-state index contributed by atoms with van der Waals surface area (Å²) in [6.07, 6.45) is 0. The van der Waals surface area contributed by atoms with Crippen LogP contribution in [0.1, 0.15) is 10.4 Å². The third kappa shape index (κ3) is 4.87. The summed E-state index contributed by atoms with van der Waals surface area (Å²) >= 11 is 0. The molecule has 2 rings (SSSR count). The number of esters is 1. The van der Waals surface area contributed by atoms with Gasteiger partial charge in [0, 0.05) is 12.7 Å². The maximum absolute atomic E-state index is 11.7. The average molecular weight is 344 g/mol. The molecule has 7 nitrogen and oxygen atoms in total. The number of ether oxygens (including phenoxy) is 3. The Morgan fingerprint density at radius 3 is 2.28 bits per heavy atom. The topological polar surface area (TPSA) is 91.1 Å². The monoisotopic (exact) mass is 344 g/mol. The number of nitrogens with two attached hydrogens (primary N) is 1. The predicted molar refractivity (Wildman–Crippen MR) is 93.2 cm³/mol. The SMILES string of the molecule is COC(=O)c1ccccc1OCCOc1ccc(N(C)C(N)=O)cc1. The van der Waals surface area contributed by atoms with Crippen molar-refractivity contribution in [3.05, 3.63) is 54.1 Å². The summed E-state index contributed by atoms with van der Waals surface area (Å²) in [6.45, 7) is 0.553.